The zero-order chi connectivity index (χ0) is 15.2. The van der Waals surface area contributed by atoms with Gasteiger partial charge >= 0.3 is 0 Å². The molecule has 1 aromatic rings. The quantitative estimate of drug-likeness (QED) is 0.754. The van der Waals surface area contributed by atoms with Gasteiger partial charge in [0.25, 0.3) is 0 Å². The van der Waals surface area contributed by atoms with Gasteiger partial charge in [0, 0.05) is 31.2 Å². The molecule has 1 N–H and O–H groups in total. The summed E-state index contributed by atoms with van der Waals surface area (Å²) >= 11 is 0. The molecule has 1 aromatic heterocycles. The molecule has 0 spiro atoms. The third-order valence-electron chi connectivity index (χ3n) is 4.58. The van der Waals surface area contributed by atoms with Crippen molar-refractivity contribution in [3.05, 3.63) is 18.0 Å². The summed E-state index contributed by atoms with van der Waals surface area (Å²) in [4.78, 5) is 2.57. The average molecular weight is 280 g/mol. The second-order valence-electron chi connectivity index (χ2n) is 5.68. The molecule has 0 aromatic carbocycles. The van der Waals surface area contributed by atoms with Crippen LogP contribution in [0.2, 0.25) is 0 Å². The fourth-order valence-electron chi connectivity index (χ4n) is 3.18. The Bertz CT molecular complexity index is 384. The molecular weight excluding hydrogens is 248 g/mol. The molecule has 4 nitrogen and oxygen atoms in total. The second-order valence-corrected chi connectivity index (χ2v) is 5.68. The van der Waals surface area contributed by atoms with Crippen molar-refractivity contribution in [2.75, 3.05) is 19.6 Å². The number of hydrogen-bond donors (Lipinski definition) is 1. The van der Waals surface area contributed by atoms with E-state index in [1.54, 1.807) is 0 Å². The lowest BCUT2D eigenvalue weighted by molar-refractivity contribution is 0.0703. The van der Waals surface area contributed by atoms with Crippen molar-refractivity contribution in [2.45, 2.75) is 59.0 Å². The molecule has 0 radical (unpaired) electrons. The summed E-state index contributed by atoms with van der Waals surface area (Å²) in [5.74, 6) is 0. The smallest absolute Gasteiger partial charge is 0.0640 e. The molecule has 0 fully saturated rings. The first-order valence-corrected chi connectivity index (χ1v) is 7.98. The van der Waals surface area contributed by atoms with E-state index in [0.717, 1.165) is 32.5 Å². The fraction of sp³-hybridized carbons (Fsp3) is 0.812. The van der Waals surface area contributed by atoms with Crippen LogP contribution in [-0.2, 0) is 13.5 Å². The zero-order valence-electron chi connectivity index (χ0n) is 14.1. The number of aromatic nitrogens is 2. The van der Waals surface area contributed by atoms with E-state index >= 15 is 0 Å². The topological polar surface area (TPSA) is 33.1 Å². The van der Waals surface area contributed by atoms with Gasteiger partial charge in [0.15, 0.2) is 0 Å². The van der Waals surface area contributed by atoms with Crippen LogP contribution in [-0.4, -0.2) is 45.9 Å². The minimum atomic E-state index is 0.164. The lowest BCUT2D eigenvalue weighted by Crippen LogP contribution is -2.60. The van der Waals surface area contributed by atoms with Crippen molar-refractivity contribution in [3.63, 3.8) is 0 Å². The zero-order valence-corrected chi connectivity index (χ0v) is 14.1. The van der Waals surface area contributed by atoms with E-state index in [2.05, 4.69) is 56.0 Å². The van der Waals surface area contributed by atoms with Gasteiger partial charge in [0.2, 0.25) is 0 Å². The molecule has 0 aliphatic rings. The van der Waals surface area contributed by atoms with Crippen LogP contribution in [0.3, 0.4) is 0 Å². The SMILES string of the molecule is CCNC(Cc1ccn(C)n1)C(C)(CC)N(CC)CC. The van der Waals surface area contributed by atoms with Gasteiger partial charge in [0.05, 0.1) is 5.69 Å². The van der Waals surface area contributed by atoms with E-state index in [1.165, 1.54) is 5.69 Å². The first-order chi connectivity index (χ1) is 9.51. The van der Waals surface area contributed by atoms with E-state index in [-0.39, 0.29) is 5.54 Å². The monoisotopic (exact) mass is 280 g/mol. The van der Waals surface area contributed by atoms with Gasteiger partial charge in [-0.15, -0.1) is 0 Å². The molecule has 0 saturated carbocycles. The van der Waals surface area contributed by atoms with Crippen molar-refractivity contribution >= 4 is 0 Å². The highest BCUT2D eigenvalue weighted by molar-refractivity contribution is 5.07. The van der Waals surface area contributed by atoms with E-state index in [0.29, 0.717) is 6.04 Å². The maximum Gasteiger partial charge on any atom is 0.0640 e. The van der Waals surface area contributed by atoms with Crippen LogP contribution in [0.25, 0.3) is 0 Å². The molecule has 2 atom stereocenters. The van der Waals surface area contributed by atoms with Crippen molar-refractivity contribution in [3.8, 4) is 0 Å². The maximum absolute atomic E-state index is 4.55. The standard InChI is InChI=1S/C16H32N4/c1-7-16(5,20(9-3)10-4)15(17-8-2)13-14-11-12-19(6)18-14/h11-12,15,17H,7-10,13H2,1-6H3. The minimum Gasteiger partial charge on any atom is -0.312 e. The van der Waals surface area contributed by atoms with Crippen LogP contribution in [0, 0.1) is 0 Å². The van der Waals surface area contributed by atoms with Crippen LogP contribution < -0.4 is 5.32 Å². The molecule has 2 unspecified atom stereocenters. The van der Waals surface area contributed by atoms with Crippen LogP contribution in [0.15, 0.2) is 12.3 Å². The van der Waals surface area contributed by atoms with Crippen molar-refractivity contribution < 1.29 is 0 Å². The second kappa shape index (κ2) is 7.79. The van der Waals surface area contributed by atoms with Gasteiger partial charge in [-0.25, -0.2) is 0 Å². The molecule has 0 saturated heterocycles. The molecule has 1 heterocycles. The Morgan fingerprint density at radius 3 is 2.35 bits per heavy atom. The van der Waals surface area contributed by atoms with Crippen LogP contribution in [0.4, 0.5) is 0 Å². The van der Waals surface area contributed by atoms with Crippen molar-refractivity contribution in [1.82, 2.24) is 20.0 Å². The highest BCUT2D eigenvalue weighted by Crippen LogP contribution is 2.25. The molecule has 1 rings (SSSR count). The largest absolute Gasteiger partial charge is 0.312 e. The Morgan fingerprint density at radius 2 is 1.95 bits per heavy atom. The summed E-state index contributed by atoms with van der Waals surface area (Å²) in [5, 5.41) is 8.24. The van der Waals surface area contributed by atoms with Crippen LogP contribution >= 0.6 is 0 Å². The normalized spacial score (nSPS) is 16.4. The molecule has 116 valence electrons. The fourth-order valence-corrected chi connectivity index (χ4v) is 3.18. The Kier molecular flexibility index (Phi) is 6.69. The minimum absolute atomic E-state index is 0.164. The Labute approximate surface area is 124 Å². The third-order valence-corrected chi connectivity index (χ3v) is 4.58. The summed E-state index contributed by atoms with van der Waals surface area (Å²) in [5.41, 5.74) is 1.34. The van der Waals surface area contributed by atoms with Gasteiger partial charge in [-0.1, -0.05) is 27.7 Å². The Hall–Kier alpha value is -0.870. The highest BCUT2D eigenvalue weighted by atomic mass is 15.3. The molecule has 0 amide bonds. The van der Waals surface area contributed by atoms with Gasteiger partial charge < -0.3 is 5.32 Å². The predicted octanol–water partition coefficient (Wildman–Crippen LogP) is 2.45. The van der Waals surface area contributed by atoms with Crippen molar-refractivity contribution in [1.29, 1.82) is 0 Å². The number of rotatable bonds is 9. The van der Waals surface area contributed by atoms with Gasteiger partial charge in [-0.05, 0) is 39.0 Å². The Morgan fingerprint density at radius 1 is 1.30 bits per heavy atom. The molecular formula is C16H32N4. The van der Waals surface area contributed by atoms with Gasteiger partial charge in [0.1, 0.15) is 0 Å². The summed E-state index contributed by atoms with van der Waals surface area (Å²) in [7, 11) is 1.98. The first kappa shape index (κ1) is 17.2. The average Bonchev–Trinajstić information content (AvgIpc) is 2.84. The van der Waals surface area contributed by atoms with Crippen LogP contribution in [0.1, 0.15) is 46.7 Å². The molecule has 0 aliphatic carbocycles. The number of nitrogens with zero attached hydrogens (tertiary/aromatic N) is 3. The first-order valence-electron chi connectivity index (χ1n) is 7.98. The van der Waals surface area contributed by atoms with E-state index < -0.39 is 0 Å². The summed E-state index contributed by atoms with van der Waals surface area (Å²) in [6.07, 6.45) is 4.15. The summed E-state index contributed by atoms with van der Waals surface area (Å²) in [6, 6.07) is 2.55. The molecule has 0 aliphatic heterocycles. The van der Waals surface area contributed by atoms with E-state index in [4.69, 9.17) is 0 Å². The molecule has 20 heavy (non-hydrogen) atoms. The third kappa shape index (κ3) is 3.83. The Balaban J connectivity index is 2.96. The number of nitrogens with one attached hydrogen (secondary N) is 1. The molecule has 4 heteroatoms. The lowest BCUT2D eigenvalue weighted by atomic mass is 9.84. The number of aryl methyl sites for hydroxylation is 1. The van der Waals surface area contributed by atoms with Gasteiger partial charge in [-0.2, -0.15) is 5.10 Å². The van der Waals surface area contributed by atoms with E-state index in [1.807, 2.05) is 17.9 Å². The van der Waals surface area contributed by atoms with Crippen LogP contribution in [0.5, 0.6) is 0 Å². The number of likely N-dealkylation sites (N-methyl/N-ethyl adjacent to an activating group) is 2. The maximum atomic E-state index is 4.55. The van der Waals surface area contributed by atoms with Gasteiger partial charge in [-0.3, -0.25) is 9.58 Å². The highest BCUT2D eigenvalue weighted by Gasteiger charge is 2.36. The predicted molar refractivity (Wildman–Crippen MR) is 86.0 cm³/mol. The summed E-state index contributed by atoms with van der Waals surface area (Å²) < 4.78 is 1.89. The lowest BCUT2D eigenvalue weighted by Gasteiger charge is -2.46. The summed E-state index contributed by atoms with van der Waals surface area (Å²) in [6.45, 7) is 14.5. The van der Waals surface area contributed by atoms with E-state index in [9.17, 15) is 0 Å². The molecule has 0 bridgehead atoms. The van der Waals surface area contributed by atoms with Crippen molar-refractivity contribution in [2.24, 2.45) is 7.05 Å². The number of hydrogen-bond acceptors (Lipinski definition) is 3.